The molecule has 2 aromatic heterocycles. The second-order valence-electron chi connectivity index (χ2n) is 11.6. The van der Waals surface area contributed by atoms with Crippen molar-refractivity contribution < 1.29 is 9.53 Å². The van der Waals surface area contributed by atoms with Crippen molar-refractivity contribution in [3.63, 3.8) is 0 Å². The number of nitrogens with one attached hydrogen (secondary N) is 1. The fourth-order valence-electron chi connectivity index (χ4n) is 5.39. The van der Waals surface area contributed by atoms with Gasteiger partial charge in [0.1, 0.15) is 35.0 Å². The summed E-state index contributed by atoms with van der Waals surface area (Å²) in [6.07, 6.45) is 3.02. The van der Waals surface area contributed by atoms with Crippen LogP contribution in [-0.2, 0) is 11.3 Å². The van der Waals surface area contributed by atoms with Crippen molar-refractivity contribution in [3.8, 4) is 23.3 Å². The number of carbonyl (C=O) groups is 1. The van der Waals surface area contributed by atoms with E-state index < -0.39 is 23.2 Å². The van der Waals surface area contributed by atoms with Gasteiger partial charge in [-0.15, -0.1) is 0 Å². The molecule has 0 radical (unpaired) electrons. The van der Waals surface area contributed by atoms with Gasteiger partial charge >= 0.3 is 5.69 Å². The van der Waals surface area contributed by atoms with Crippen molar-refractivity contribution in [3.05, 3.63) is 83.1 Å². The summed E-state index contributed by atoms with van der Waals surface area (Å²) in [4.78, 5) is 40.0. The predicted octanol–water partition coefficient (Wildman–Crippen LogP) is 2.94. The summed E-state index contributed by atoms with van der Waals surface area (Å²) in [5.74, 6) is 0.949. The molecule has 1 saturated heterocycles. The van der Waals surface area contributed by atoms with Gasteiger partial charge in [0.15, 0.2) is 11.5 Å². The molecule has 0 spiro atoms. The molecule has 0 bridgehead atoms. The highest BCUT2D eigenvalue weighted by atomic mass is 16.5. The van der Waals surface area contributed by atoms with E-state index in [0.717, 1.165) is 26.2 Å². The topological polar surface area (TPSA) is 147 Å². The van der Waals surface area contributed by atoms with E-state index in [0.29, 0.717) is 28.4 Å². The van der Waals surface area contributed by atoms with Gasteiger partial charge in [0.25, 0.3) is 5.91 Å². The predicted molar refractivity (Wildman–Crippen MR) is 169 cm³/mol. The number of nitrogens with two attached hydrogens (primary N) is 1. The van der Waals surface area contributed by atoms with Gasteiger partial charge in [-0.25, -0.2) is 14.8 Å². The first kappa shape index (κ1) is 30.5. The normalized spacial score (nSPS) is 15.6. The van der Waals surface area contributed by atoms with Gasteiger partial charge in [-0.2, -0.15) is 5.26 Å². The highest BCUT2D eigenvalue weighted by Gasteiger charge is 2.29. The number of amides is 1. The van der Waals surface area contributed by atoms with Gasteiger partial charge in [-0.1, -0.05) is 18.2 Å². The number of rotatable bonds is 9. The van der Waals surface area contributed by atoms with Crippen molar-refractivity contribution >= 4 is 22.9 Å². The summed E-state index contributed by atoms with van der Waals surface area (Å²) in [5, 5.41) is 12.7. The maximum Gasteiger partial charge on any atom is 0.335 e. The van der Waals surface area contributed by atoms with Gasteiger partial charge < -0.3 is 20.7 Å². The SMILES string of the molecule is C[C@@H](Cn1c(=O)n(-c2ccc(Oc3ccccc3)cc2)c2c(N)ncnc21)NC(=O)/C(C#N)=C/C(C)(C)N1CCN(C)CC1. The minimum atomic E-state index is -0.513. The van der Waals surface area contributed by atoms with Crippen LogP contribution >= 0.6 is 0 Å². The summed E-state index contributed by atoms with van der Waals surface area (Å²) in [6.45, 7) is 9.41. The van der Waals surface area contributed by atoms with E-state index in [4.69, 9.17) is 10.5 Å². The molecule has 4 aromatic rings. The number of nitrogen functional groups attached to an aromatic ring is 1. The van der Waals surface area contributed by atoms with E-state index in [1.54, 1.807) is 37.3 Å². The van der Waals surface area contributed by atoms with Crippen LogP contribution in [0.4, 0.5) is 5.82 Å². The van der Waals surface area contributed by atoms with Crippen molar-refractivity contribution in [2.45, 2.75) is 38.9 Å². The Balaban J connectivity index is 1.37. The fraction of sp³-hybridized carbons (Fsp3) is 0.344. The van der Waals surface area contributed by atoms with Gasteiger partial charge in [0, 0.05) is 44.3 Å². The van der Waals surface area contributed by atoms with Crippen molar-refractivity contribution in [2.75, 3.05) is 39.0 Å². The number of aromatic nitrogens is 4. The van der Waals surface area contributed by atoms with Crippen LogP contribution < -0.4 is 21.5 Å². The number of carbonyl (C=O) groups excluding carboxylic acids is 1. The Morgan fingerprint density at radius 2 is 1.75 bits per heavy atom. The quantitative estimate of drug-likeness (QED) is 0.220. The van der Waals surface area contributed by atoms with Crippen LogP contribution in [0.1, 0.15) is 20.8 Å². The number of nitrogens with zero attached hydrogens (tertiary/aromatic N) is 7. The Labute approximate surface area is 256 Å². The van der Waals surface area contributed by atoms with Crippen LogP contribution in [0.25, 0.3) is 16.9 Å². The third-order valence-electron chi connectivity index (χ3n) is 7.82. The van der Waals surface area contributed by atoms with Gasteiger partial charge in [-0.3, -0.25) is 18.8 Å². The minimum Gasteiger partial charge on any atom is -0.457 e. The Morgan fingerprint density at radius 1 is 1.09 bits per heavy atom. The Kier molecular flexibility index (Phi) is 8.80. The molecule has 0 aliphatic carbocycles. The second-order valence-corrected chi connectivity index (χ2v) is 11.6. The molecule has 2 aromatic carbocycles. The summed E-state index contributed by atoms with van der Waals surface area (Å²) in [5.41, 5.74) is 6.64. The van der Waals surface area contributed by atoms with Crippen LogP contribution in [0.3, 0.4) is 0 Å². The summed E-state index contributed by atoms with van der Waals surface area (Å²) < 4.78 is 8.79. The minimum absolute atomic E-state index is 0.0277. The zero-order valence-electron chi connectivity index (χ0n) is 25.4. The van der Waals surface area contributed by atoms with E-state index in [-0.39, 0.29) is 17.9 Å². The number of ether oxygens (including phenoxy) is 1. The fourth-order valence-corrected chi connectivity index (χ4v) is 5.39. The van der Waals surface area contributed by atoms with Crippen molar-refractivity contribution in [2.24, 2.45) is 0 Å². The average Bonchev–Trinajstić information content (AvgIpc) is 3.28. The van der Waals surface area contributed by atoms with E-state index >= 15 is 0 Å². The summed E-state index contributed by atoms with van der Waals surface area (Å²) in [6, 6.07) is 18.0. The Morgan fingerprint density at radius 3 is 2.41 bits per heavy atom. The molecule has 1 aliphatic rings. The number of piperazine rings is 1. The zero-order valence-corrected chi connectivity index (χ0v) is 25.4. The first-order chi connectivity index (χ1) is 21.1. The lowest BCUT2D eigenvalue weighted by Gasteiger charge is -2.41. The summed E-state index contributed by atoms with van der Waals surface area (Å²) in [7, 11) is 2.08. The Bertz CT molecular complexity index is 1760. The number of imidazole rings is 1. The molecule has 3 heterocycles. The molecule has 3 N–H and O–H groups in total. The zero-order chi connectivity index (χ0) is 31.4. The molecule has 12 nitrogen and oxygen atoms in total. The van der Waals surface area contributed by atoms with E-state index in [1.807, 2.05) is 44.2 Å². The van der Waals surface area contributed by atoms with E-state index in [2.05, 4.69) is 38.2 Å². The third kappa shape index (κ3) is 6.49. The number of nitriles is 1. The molecule has 1 aliphatic heterocycles. The number of likely N-dealkylation sites (N-methyl/N-ethyl adjacent to an activating group) is 1. The lowest BCUT2D eigenvalue weighted by atomic mass is 9.97. The number of benzene rings is 2. The van der Waals surface area contributed by atoms with Gasteiger partial charge in [0.05, 0.1) is 5.69 Å². The van der Waals surface area contributed by atoms with Crippen molar-refractivity contribution in [1.29, 1.82) is 5.26 Å². The highest BCUT2D eigenvalue weighted by Crippen LogP contribution is 2.25. The molecular formula is C32H37N9O3. The maximum absolute atomic E-state index is 13.8. The number of fused-ring (bicyclic) bond motifs is 1. The molecule has 1 amide bonds. The Hall–Kier alpha value is -4.99. The lowest BCUT2D eigenvalue weighted by Crippen LogP contribution is -2.53. The molecule has 228 valence electrons. The third-order valence-corrected chi connectivity index (χ3v) is 7.82. The molecule has 0 saturated carbocycles. The molecule has 5 rings (SSSR count). The first-order valence-corrected chi connectivity index (χ1v) is 14.5. The van der Waals surface area contributed by atoms with Gasteiger partial charge in [0.2, 0.25) is 0 Å². The van der Waals surface area contributed by atoms with Crippen molar-refractivity contribution in [1.82, 2.24) is 34.2 Å². The van der Waals surface area contributed by atoms with Crippen LogP contribution in [0.2, 0.25) is 0 Å². The standard InChI is InChI=1S/C32H37N9O3/c1-22(37-30(42)23(19-33)18-32(2,3)39-16-14-38(4)15-17-39)20-40-29-27(28(34)35-21-36-29)41(31(40)43)24-10-12-26(13-11-24)44-25-8-6-5-7-9-25/h5-13,18,21-22H,14-17,20H2,1-4H3,(H,37,42)(H2,34,35,36)/b23-18+/t22-/m0/s1. The molecule has 0 unspecified atom stereocenters. The molecular weight excluding hydrogens is 558 g/mol. The number of hydrogen-bond donors (Lipinski definition) is 2. The molecule has 1 fully saturated rings. The van der Waals surface area contributed by atoms with Crippen LogP contribution in [0.15, 0.2) is 77.4 Å². The molecule has 44 heavy (non-hydrogen) atoms. The maximum atomic E-state index is 13.8. The highest BCUT2D eigenvalue weighted by molar-refractivity contribution is 5.97. The smallest absolute Gasteiger partial charge is 0.335 e. The van der Waals surface area contributed by atoms with Gasteiger partial charge in [-0.05, 0) is 70.3 Å². The number of anilines is 1. The van der Waals surface area contributed by atoms with Crippen LogP contribution in [-0.4, -0.2) is 79.6 Å². The first-order valence-electron chi connectivity index (χ1n) is 14.5. The van der Waals surface area contributed by atoms with Crippen LogP contribution in [0.5, 0.6) is 11.5 Å². The lowest BCUT2D eigenvalue weighted by molar-refractivity contribution is -0.117. The second kappa shape index (κ2) is 12.7. The van der Waals surface area contributed by atoms with E-state index in [1.165, 1.54) is 15.5 Å². The largest absolute Gasteiger partial charge is 0.457 e. The number of hydrogen-bond acceptors (Lipinski definition) is 9. The van der Waals surface area contributed by atoms with Crippen LogP contribution in [0, 0.1) is 11.3 Å². The summed E-state index contributed by atoms with van der Waals surface area (Å²) >= 11 is 0. The molecule has 12 heteroatoms. The van der Waals surface area contributed by atoms with E-state index in [9.17, 15) is 14.9 Å². The number of para-hydroxylation sites is 1. The monoisotopic (exact) mass is 595 g/mol. The average molecular weight is 596 g/mol. The molecule has 1 atom stereocenters.